The van der Waals surface area contributed by atoms with Gasteiger partial charge >= 0.3 is 0 Å². The predicted molar refractivity (Wildman–Crippen MR) is 152 cm³/mol. The maximum absolute atomic E-state index is 9.56. The van der Waals surface area contributed by atoms with Gasteiger partial charge in [-0.2, -0.15) is 0 Å². The molecule has 0 bridgehead atoms. The molecule has 1 fully saturated rings. The molecule has 1 saturated heterocycles. The number of benzene rings is 1. The lowest BCUT2D eigenvalue weighted by Crippen LogP contribution is -2.43. The number of nitrogens with one attached hydrogen (secondary N) is 2. The summed E-state index contributed by atoms with van der Waals surface area (Å²) in [6.45, 7) is 17.9. The average Bonchev–Trinajstić information content (AvgIpc) is 2.91. The summed E-state index contributed by atoms with van der Waals surface area (Å²) < 4.78 is 0. The lowest BCUT2D eigenvalue weighted by Gasteiger charge is -2.28. The second-order valence-electron chi connectivity index (χ2n) is 6.43. The fourth-order valence-electron chi connectivity index (χ4n) is 2.82. The molecule has 1 aromatic carbocycles. The van der Waals surface area contributed by atoms with Crippen molar-refractivity contribution in [2.45, 2.75) is 53.7 Å². The number of amidine groups is 1. The van der Waals surface area contributed by atoms with Gasteiger partial charge in [0.05, 0.1) is 0 Å². The summed E-state index contributed by atoms with van der Waals surface area (Å²) in [5, 5.41) is 17.2. The highest BCUT2D eigenvalue weighted by molar-refractivity contribution is 8.14. The molecule has 190 valence electrons. The van der Waals surface area contributed by atoms with E-state index in [1.165, 1.54) is 0 Å². The molecule has 3 N–H and O–H groups in total. The zero-order valence-electron chi connectivity index (χ0n) is 22.2. The van der Waals surface area contributed by atoms with Crippen molar-refractivity contribution in [1.82, 2.24) is 15.3 Å². The van der Waals surface area contributed by atoms with Gasteiger partial charge in [-0.1, -0.05) is 77.6 Å². The standard InChI is InChI=1S/C20H26N6OS.3C2H6/c1-15(6-7-16-4-3-5-17(27)12-16)28-20(21-2)25-18-13-19(24-14-23-18)26-10-8-22-9-11-26;3*1-2/h3-7,12-15,22,27H,8-11H2,1-2H3,(H,21,23,24,25);3*1-2H3/b7-6+;;;. The third-order valence-electron chi connectivity index (χ3n) is 4.26. The van der Waals surface area contributed by atoms with E-state index in [9.17, 15) is 5.11 Å². The fourth-order valence-corrected chi connectivity index (χ4v) is 3.60. The Balaban J connectivity index is 0.00000168. The average molecular weight is 489 g/mol. The Morgan fingerprint density at radius 1 is 1.12 bits per heavy atom. The van der Waals surface area contributed by atoms with Gasteiger partial charge in [-0.15, -0.1) is 0 Å². The van der Waals surface area contributed by atoms with E-state index >= 15 is 0 Å². The van der Waals surface area contributed by atoms with E-state index in [2.05, 4.69) is 43.5 Å². The van der Waals surface area contributed by atoms with E-state index in [1.807, 2.05) is 65.8 Å². The van der Waals surface area contributed by atoms with Gasteiger partial charge in [0, 0.05) is 44.5 Å². The largest absolute Gasteiger partial charge is 0.508 e. The minimum atomic E-state index is 0.197. The van der Waals surface area contributed by atoms with Crippen molar-refractivity contribution in [2.75, 3.05) is 43.4 Å². The van der Waals surface area contributed by atoms with Crippen LogP contribution in [0.4, 0.5) is 11.6 Å². The molecule has 0 spiro atoms. The van der Waals surface area contributed by atoms with E-state index in [4.69, 9.17) is 0 Å². The molecule has 1 aliphatic heterocycles. The summed E-state index contributed by atoms with van der Waals surface area (Å²) in [6.07, 6.45) is 5.67. The first-order valence-electron chi connectivity index (χ1n) is 12.3. The molecule has 7 nitrogen and oxygen atoms in total. The van der Waals surface area contributed by atoms with Crippen LogP contribution in [0, 0.1) is 0 Å². The molecule has 0 saturated carbocycles. The minimum absolute atomic E-state index is 0.197. The van der Waals surface area contributed by atoms with Gasteiger partial charge < -0.3 is 20.6 Å². The summed E-state index contributed by atoms with van der Waals surface area (Å²) in [4.78, 5) is 15.3. The van der Waals surface area contributed by atoms with Crippen LogP contribution in [-0.2, 0) is 0 Å². The number of piperazine rings is 1. The summed E-state index contributed by atoms with van der Waals surface area (Å²) in [5.74, 6) is 1.93. The molecule has 8 heteroatoms. The van der Waals surface area contributed by atoms with Crippen LogP contribution in [-0.4, -0.2) is 58.7 Å². The normalized spacial score (nSPS) is 14.0. The monoisotopic (exact) mass is 488 g/mol. The molecule has 0 radical (unpaired) electrons. The molecule has 0 aliphatic carbocycles. The number of aromatic nitrogens is 2. The summed E-state index contributed by atoms with van der Waals surface area (Å²) in [7, 11) is 1.76. The van der Waals surface area contributed by atoms with Gasteiger partial charge in [0.1, 0.15) is 23.7 Å². The van der Waals surface area contributed by atoms with Crippen LogP contribution >= 0.6 is 11.8 Å². The number of hydrogen-bond donors (Lipinski definition) is 3. The second kappa shape index (κ2) is 19.9. The molecular weight excluding hydrogens is 444 g/mol. The Morgan fingerprint density at radius 3 is 2.41 bits per heavy atom. The Bertz CT molecular complexity index is 838. The van der Waals surface area contributed by atoms with Gasteiger partial charge in [0.2, 0.25) is 0 Å². The molecule has 2 aromatic rings. The Morgan fingerprint density at radius 2 is 1.79 bits per heavy atom. The lowest BCUT2D eigenvalue weighted by atomic mass is 10.2. The maximum atomic E-state index is 9.56. The first-order chi connectivity index (χ1) is 16.6. The van der Waals surface area contributed by atoms with Crippen molar-refractivity contribution < 1.29 is 5.11 Å². The van der Waals surface area contributed by atoms with Crippen molar-refractivity contribution in [3.8, 4) is 5.75 Å². The molecule has 1 unspecified atom stereocenters. The highest BCUT2D eigenvalue weighted by atomic mass is 32.2. The fraction of sp³-hybridized carbons (Fsp3) is 0.500. The van der Waals surface area contributed by atoms with Crippen LogP contribution in [0.25, 0.3) is 6.08 Å². The van der Waals surface area contributed by atoms with Gasteiger partial charge in [-0.05, 0) is 24.6 Å². The summed E-state index contributed by atoms with van der Waals surface area (Å²) >= 11 is 1.61. The van der Waals surface area contributed by atoms with Crippen molar-refractivity contribution in [3.05, 3.63) is 48.3 Å². The summed E-state index contributed by atoms with van der Waals surface area (Å²) in [5.41, 5.74) is 0.965. The number of nitrogens with zero attached hydrogens (tertiary/aromatic N) is 4. The van der Waals surface area contributed by atoms with Crippen molar-refractivity contribution in [2.24, 2.45) is 4.99 Å². The third kappa shape index (κ3) is 12.0. The second-order valence-corrected chi connectivity index (χ2v) is 7.80. The van der Waals surface area contributed by atoms with Crippen LogP contribution in [0.1, 0.15) is 54.0 Å². The van der Waals surface area contributed by atoms with E-state index in [1.54, 1.807) is 37.3 Å². The zero-order chi connectivity index (χ0) is 25.8. The molecule has 3 rings (SSSR count). The number of aliphatic imine (C=N–C) groups is 1. The van der Waals surface area contributed by atoms with Crippen molar-refractivity contribution >= 4 is 34.6 Å². The van der Waals surface area contributed by atoms with Gasteiger partial charge in [-0.25, -0.2) is 9.97 Å². The van der Waals surface area contributed by atoms with Crippen LogP contribution < -0.4 is 15.5 Å². The van der Waals surface area contributed by atoms with Gasteiger partial charge in [0.25, 0.3) is 0 Å². The number of rotatable bonds is 5. The first kappa shape index (κ1) is 31.4. The molecule has 1 aliphatic rings. The maximum Gasteiger partial charge on any atom is 0.162 e. The molecule has 1 atom stereocenters. The number of anilines is 2. The van der Waals surface area contributed by atoms with Crippen LogP contribution in [0.3, 0.4) is 0 Å². The van der Waals surface area contributed by atoms with Crippen molar-refractivity contribution in [3.63, 3.8) is 0 Å². The number of thioether (sulfide) groups is 1. The van der Waals surface area contributed by atoms with Crippen LogP contribution in [0.15, 0.2) is 47.7 Å². The van der Waals surface area contributed by atoms with Gasteiger partial charge in [0.15, 0.2) is 5.17 Å². The van der Waals surface area contributed by atoms with Crippen LogP contribution in [0.2, 0.25) is 0 Å². The van der Waals surface area contributed by atoms with Crippen LogP contribution in [0.5, 0.6) is 5.75 Å². The van der Waals surface area contributed by atoms with Gasteiger partial charge in [-0.3, -0.25) is 4.99 Å². The smallest absolute Gasteiger partial charge is 0.162 e. The summed E-state index contributed by atoms with van der Waals surface area (Å²) in [6, 6.07) is 9.15. The van der Waals surface area contributed by atoms with E-state index in [0.717, 1.165) is 48.5 Å². The Hall–Kier alpha value is -2.58. The number of aromatic hydroxyl groups is 1. The topological polar surface area (TPSA) is 85.7 Å². The number of phenols is 1. The quantitative estimate of drug-likeness (QED) is 0.357. The molecule has 34 heavy (non-hydrogen) atoms. The van der Waals surface area contributed by atoms with E-state index in [-0.39, 0.29) is 11.0 Å². The molecule has 0 amide bonds. The van der Waals surface area contributed by atoms with E-state index < -0.39 is 0 Å². The highest BCUT2D eigenvalue weighted by Gasteiger charge is 2.13. The Labute approximate surface area is 211 Å². The van der Waals surface area contributed by atoms with Crippen molar-refractivity contribution in [1.29, 1.82) is 0 Å². The third-order valence-corrected chi connectivity index (χ3v) is 5.30. The first-order valence-corrected chi connectivity index (χ1v) is 13.2. The number of hydrogen-bond acceptors (Lipinski definition) is 7. The number of phenolic OH excluding ortho intramolecular Hbond substituents is 1. The molecular formula is C26H44N6OS. The van der Waals surface area contributed by atoms with E-state index in [0.29, 0.717) is 0 Å². The minimum Gasteiger partial charge on any atom is -0.508 e. The predicted octanol–water partition coefficient (Wildman–Crippen LogP) is 5.90. The molecule has 1 aromatic heterocycles. The highest BCUT2D eigenvalue weighted by Crippen LogP contribution is 2.20. The molecule has 2 heterocycles. The Kier molecular flexibility index (Phi) is 18.3. The lowest BCUT2D eigenvalue weighted by molar-refractivity contribution is 0.475. The zero-order valence-corrected chi connectivity index (χ0v) is 23.0. The SMILES string of the molecule is CC.CC.CC.CN=C(Nc1cc(N2CCNCC2)ncn1)SC(C)/C=C/c1cccc(O)c1.